The second-order valence-corrected chi connectivity index (χ2v) is 5.79. The highest BCUT2D eigenvalue weighted by molar-refractivity contribution is 5.34. The van der Waals surface area contributed by atoms with Crippen LogP contribution in [-0.4, -0.2) is 11.7 Å². The summed E-state index contributed by atoms with van der Waals surface area (Å²) in [7, 11) is 0. The van der Waals surface area contributed by atoms with Crippen molar-refractivity contribution in [1.82, 2.24) is 0 Å². The van der Waals surface area contributed by atoms with Gasteiger partial charge in [0.05, 0.1) is 12.7 Å². The summed E-state index contributed by atoms with van der Waals surface area (Å²) in [6.07, 6.45) is 10.8. The van der Waals surface area contributed by atoms with Crippen molar-refractivity contribution < 1.29 is 9.84 Å². The van der Waals surface area contributed by atoms with E-state index >= 15 is 0 Å². The fourth-order valence-corrected chi connectivity index (χ4v) is 2.53. The molecule has 21 heavy (non-hydrogen) atoms. The van der Waals surface area contributed by atoms with Gasteiger partial charge >= 0.3 is 0 Å². The molecule has 0 spiro atoms. The first-order chi connectivity index (χ1) is 10.3. The van der Waals surface area contributed by atoms with Crippen LogP contribution < -0.4 is 4.74 Å². The predicted octanol–water partition coefficient (Wildman–Crippen LogP) is 5.65. The lowest BCUT2D eigenvalue weighted by Crippen LogP contribution is -2.03. The van der Waals surface area contributed by atoms with Gasteiger partial charge in [-0.05, 0) is 18.9 Å². The summed E-state index contributed by atoms with van der Waals surface area (Å²) in [6.45, 7) is 4.99. The van der Waals surface area contributed by atoms with Crippen LogP contribution in [0.4, 0.5) is 0 Å². The van der Waals surface area contributed by atoms with Gasteiger partial charge < -0.3 is 9.84 Å². The van der Waals surface area contributed by atoms with Gasteiger partial charge in [-0.1, -0.05) is 77.0 Å². The van der Waals surface area contributed by atoms with Crippen LogP contribution in [0.25, 0.3) is 0 Å². The smallest absolute Gasteiger partial charge is 0.125 e. The lowest BCUT2D eigenvalue weighted by atomic mass is 10.1. The van der Waals surface area contributed by atoms with E-state index in [4.69, 9.17) is 4.74 Å². The van der Waals surface area contributed by atoms with Crippen molar-refractivity contribution in [3.8, 4) is 5.75 Å². The van der Waals surface area contributed by atoms with Gasteiger partial charge in [-0.15, -0.1) is 0 Å². The van der Waals surface area contributed by atoms with Gasteiger partial charge in [-0.2, -0.15) is 0 Å². The van der Waals surface area contributed by atoms with Crippen LogP contribution >= 0.6 is 0 Å². The zero-order valence-electron chi connectivity index (χ0n) is 13.8. The minimum absolute atomic E-state index is 0.417. The quantitative estimate of drug-likeness (QED) is 0.504. The third-order valence-corrected chi connectivity index (χ3v) is 3.92. The zero-order valence-corrected chi connectivity index (χ0v) is 13.8. The molecular formula is C19H32O2. The molecule has 0 aromatic heterocycles. The molecule has 0 saturated heterocycles. The number of para-hydroxylation sites is 1. The number of aliphatic hydroxyl groups excluding tert-OH is 1. The molecule has 1 atom stereocenters. The van der Waals surface area contributed by atoms with Crippen molar-refractivity contribution in [1.29, 1.82) is 0 Å². The van der Waals surface area contributed by atoms with Crippen LogP contribution in [-0.2, 0) is 0 Å². The molecule has 2 heteroatoms. The number of rotatable bonds is 12. The summed E-state index contributed by atoms with van der Waals surface area (Å²) < 4.78 is 5.85. The number of unbranched alkanes of at least 4 members (excludes halogenated alkanes) is 7. The summed E-state index contributed by atoms with van der Waals surface area (Å²) in [6, 6.07) is 7.84. The Labute approximate surface area is 130 Å². The molecule has 120 valence electrons. The van der Waals surface area contributed by atoms with Gasteiger partial charge in [0.15, 0.2) is 0 Å². The summed E-state index contributed by atoms with van der Waals surface area (Å²) >= 11 is 0. The van der Waals surface area contributed by atoms with E-state index in [1.807, 2.05) is 31.2 Å². The van der Waals surface area contributed by atoms with Crippen LogP contribution in [0.1, 0.15) is 83.3 Å². The van der Waals surface area contributed by atoms with Gasteiger partial charge in [0, 0.05) is 5.56 Å². The fraction of sp³-hybridized carbons (Fsp3) is 0.684. The van der Waals surface area contributed by atoms with E-state index < -0.39 is 6.10 Å². The summed E-state index contributed by atoms with van der Waals surface area (Å²) in [5.74, 6) is 0.842. The lowest BCUT2D eigenvalue weighted by molar-refractivity contribution is 0.167. The number of hydrogen-bond donors (Lipinski definition) is 1. The van der Waals surface area contributed by atoms with Crippen LogP contribution in [0, 0.1) is 0 Å². The maximum absolute atomic E-state index is 9.97. The Morgan fingerprint density at radius 3 is 2.19 bits per heavy atom. The third kappa shape index (κ3) is 7.52. The second-order valence-electron chi connectivity index (χ2n) is 5.79. The lowest BCUT2D eigenvalue weighted by Gasteiger charge is -2.14. The third-order valence-electron chi connectivity index (χ3n) is 3.92. The molecule has 0 amide bonds. The normalized spacial score (nSPS) is 12.3. The second kappa shape index (κ2) is 11.6. The van der Waals surface area contributed by atoms with Crippen molar-refractivity contribution in [3.05, 3.63) is 29.8 Å². The monoisotopic (exact) mass is 292 g/mol. The number of hydrogen-bond acceptors (Lipinski definition) is 2. The molecule has 1 rings (SSSR count). The molecule has 0 aliphatic carbocycles. The summed E-state index contributed by atoms with van der Waals surface area (Å²) in [4.78, 5) is 0. The molecule has 0 aliphatic rings. The molecule has 1 aromatic rings. The fourth-order valence-electron chi connectivity index (χ4n) is 2.53. The average Bonchev–Trinajstić information content (AvgIpc) is 2.53. The Kier molecular flexibility index (Phi) is 9.98. The molecule has 0 fully saturated rings. The number of aliphatic hydroxyl groups is 1. The molecule has 0 saturated carbocycles. The van der Waals surface area contributed by atoms with Crippen molar-refractivity contribution in [2.45, 2.75) is 77.7 Å². The Bertz CT molecular complexity index is 362. The van der Waals surface area contributed by atoms with Crippen LogP contribution in [0.5, 0.6) is 5.75 Å². The van der Waals surface area contributed by atoms with Gasteiger partial charge in [-0.3, -0.25) is 0 Å². The highest BCUT2D eigenvalue weighted by atomic mass is 16.5. The molecule has 0 radical (unpaired) electrons. The van der Waals surface area contributed by atoms with Crippen molar-refractivity contribution in [2.24, 2.45) is 0 Å². The molecular weight excluding hydrogens is 260 g/mol. The first kappa shape index (κ1) is 18.0. The first-order valence-electron chi connectivity index (χ1n) is 8.69. The van der Waals surface area contributed by atoms with E-state index in [9.17, 15) is 5.11 Å². The van der Waals surface area contributed by atoms with Gasteiger partial charge in [0.1, 0.15) is 5.75 Å². The van der Waals surface area contributed by atoms with E-state index in [1.165, 1.54) is 44.9 Å². The Morgan fingerprint density at radius 1 is 0.905 bits per heavy atom. The van der Waals surface area contributed by atoms with E-state index in [2.05, 4.69) is 6.92 Å². The van der Waals surface area contributed by atoms with Gasteiger partial charge in [-0.25, -0.2) is 0 Å². The summed E-state index contributed by atoms with van der Waals surface area (Å²) in [5.41, 5.74) is 0.916. The predicted molar refractivity (Wildman–Crippen MR) is 89.8 cm³/mol. The highest BCUT2D eigenvalue weighted by Gasteiger charge is 2.10. The topological polar surface area (TPSA) is 29.5 Å². The molecule has 1 aromatic carbocycles. The minimum Gasteiger partial charge on any atom is -0.493 e. The minimum atomic E-state index is -0.417. The number of benzene rings is 1. The highest BCUT2D eigenvalue weighted by Crippen LogP contribution is 2.27. The van der Waals surface area contributed by atoms with E-state index in [0.29, 0.717) is 0 Å². The Morgan fingerprint density at radius 2 is 1.52 bits per heavy atom. The number of ether oxygens (including phenoxy) is 1. The SMILES string of the molecule is CCCCCCCCCCOc1ccccc1[C@H](O)CC. The molecule has 0 bridgehead atoms. The molecule has 1 N–H and O–H groups in total. The molecule has 2 nitrogen and oxygen atoms in total. The van der Waals surface area contributed by atoms with E-state index in [1.54, 1.807) is 0 Å². The van der Waals surface area contributed by atoms with Crippen molar-refractivity contribution >= 4 is 0 Å². The van der Waals surface area contributed by atoms with E-state index in [0.717, 1.165) is 30.8 Å². The summed E-state index contributed by atoms with van der Waals surface area (Å²) in [5, 5.41) is 9.97. The van der Waals surface area contributed by atoms with E-state index in [-0.39, 0.29) is 0 Å². The maximum atomic E-state index is 9.97. The van der Waals surface area contributed by atoms with Gasteiger partial charge in [0.25, 0.3) is 0 Å². The standard InChI is InChI=1S/C19H32O2/c1-3-5-6-7-8-9-10-13-16-21-19-15-12-11-14-17(19)18(20)4-2/h11-12,14-15,18,20H,3-10,13,16H2,1-2H3/t18-/m1/s1. The maximum Gasteiger partial charge on any atom is 0.125 e. The van der Waals surface area contributed by atoms with Gasteiger partial charge in [0.2, 0.25) is 0 Å². The van der Waals surface area contributed by atoms with Crippen LogP contribution in [0.2, 0.25) is 0 Å². The van der Waals surface area contributed by atoms with Crippen molar-refractivity contribution in [2.75, 3.05) is 6.61 Å². The molecule has 0 heterocycles. The Hall–Kier alpha value is -1.02. The molecule has 0 unspecified atom stereocenters. The van der Waals surface area contributed by atoms with Crippen molar-refractivity contribution in [3.63, 3.8) is 0 Å². The zero-order chi connectivity index (χ0) is 15.3. The largest absolute Gasteiger partial charge is 0.493 e. The average molecular weight is 292 g/mol. The van der Waals surface area contributed by atoms with Crippen LogP contribution in [0.3, 0.4) is 0 Å². The van der Waals surface area contributed by atoms with Crippen LogP contribution in [0.15, 0.2) is 24.3 Å². The first-order valence-corrected chi connectivity index (χ1v) is 8.69. The molecule has 0 aliphatic heterocycles. The Balaban J connectivity index is 2.15.